The summed E-state index contributed by atoms with van der Waals surface area (Å²) in [6, 6.07) is -0.733. The van der Waals surface area contributed by atoms with Crippen LogP contribution in [0.5, 0.6) is 0 Å². The minimum atomic E-state index is -0.990. The molecule has 3 N–H and O–H groups in total. The Kier molecular flexibility index (Phi) is 5.40. The number of carboxylic acid groups (broad SMARTS) is 1. The first-order valence-electron chi connectivity index (χ1n) is 5.10. The van der Waals surface area contributed by atoms with E-state index in [9.17, 15) is 9.59 Å². The molecule has 0 saturated heterocycles. The summed E-state index contributed by atoms with van der Waals surface area (Å²) in [5, 5.41) is 8.70. The van der Waals surface area contributed by atoms with Crippen molar-refractivity contribution in [2.45, 2.75) is 25.5 Å². The van der Waals surface area contributed by atoms with Crippen molar-refractivity contribution in [3.05, 3.63) is 0 Å². The minimum absolute atomic E-state index is 0.200. The number of likely N-dealkylation sites (N-methyl/N-ethyl adjacent to an activating group) is 1. The third-order valence-corrected chi connectivity index (χ3v) is 1.81. The molecule has 1 unspecified atom stereocenters. The quantitative estimate of drug-likeness (QED) is 0.473. The second-order valence-electron chi connectivity index (χ2n) is 4.92. The Morgan fingerprint density at radius 2 is 1.88 bits per heavy atom. The molecule has 0 heterocycles. The number of nitrogens with zero attached hydrogens (tertiary/aromatic N) is 1. The molecule has 94 valence electrons. The molecular formula is C10H21N2O4+. The largest absolute Gasteiger partial charge is 0.481 e. The summed E-state index contributed by atoms with van der Waals surface area (Å²) in [7, 11) is 5.69. The number of esters is 1. The predicted molar refractivity (Wildman–Crippen MR) is 58.7 cm³/mol. The maximum atomic E-state index is 11.3. The predicted octanol–water partition coefficient (Wildman–Crippen LogP) is -0.574. The van der Waals surface area contributed by atoms with Gasteiger partial charge in [0, 0.05) is 0 Å². The van der Waals surface area contributed by atoms with Crippen molar-refractivity contribution in [1.29, 1.82) is 0 Å². The molecule has 0 spiro atoms. The molecule has 6 heteroatoms. The Labute approximate surface area is 95.6 Å². The molecule has 0 amide bonds. The van der Waals surface area contributed by atoms with Gasteiger partial charge in [0.25, 0.3) is 0 Å². The van der Waals surface area contributed by atoms with Gasteiger partial charge < -0.3 is 20.1 Å². The van der Waals surface area contributed by atoms with E-state index in [2.05, 4.69) is 0 Å². The first-order valence-corrected chi connectivity index (χ1v) is 5.10. The van der Waals surface area contributed by atoms with Crippen LogP contribution in [-0.4, -0.2) is 61.4 Å². The normalized spacial score (nSPS) is 15.3. The molecule has 0 saturated carbocycles. The van der Waals surface area contributed by atoms with Gasteiger partial charge in [-0.3, -0.25) is 9.59 Å². The van der Waals surface area contributed by atoms with Gasteiger partial charge in [-0.2, -0.15) is 0 Å². The summed E-state index contributed by atoms with van der Waals surface area (Å²) < 4.78 is 5.56. The van der Waals surface area contributed by atoms with Crippen molar-refractivity contribution in [2.24, 2.45) is 5.73 Å². The number of carboxylic acids is 1. The van der Waals surface area contributed by atoms with Gasteiger partial charge in [-0.25, -0.2) is 0 Å². The van der Waals surface area contributed by atoms with Gasteiger partial charge in [-0.05, 0) is 6.92 Å². The van der Waals surface area contributed by atoms with E-state index < -0.39 is 24.1 Å². The maximum Gasteiger partial charge on any atom is 0.323 e. The number of aliphatic carboxylic acids is 1. The number of quaternary nitrogens is 1. The third-order valence-electron chi connectivity index (χ3n) is 1.81. The van der Waals surface area contributed by atoms with Crippen LogP contribution < -0.4 is 5.73 Å². The van der Waals surface area contributed by atoms with E-state index in [0.29, 0.717) is 11.0 Å². The number of hydrogen-bond acceptors (Lipinski definition) is 4. The van der Waals surface area contributed by atoms with Gasteiger partial charge in [-0.1, -0.05) is 0 Å². The highest BCUT2D eigenvalue weighted by Gasteiger charge is 2.25. The van der Waals surface area contributed by atoms with Crippen LogP contribution in [0.25, 0.3) is 0 Å². The number of ether oxygens (including phenoxy) is 1. The van der Waals surface area contributed by atoms with Gasteiger partial charge in [-0.15, -0.1) is 0 Å². The summed E-state index contributed by atoms with van der Waals surface area (Å²) in [6.07, 6.45) is -0.843. The fourth-order valence-corrected chi connectivity index (χ4v) is 1.22. The summed E-state index contributed by atoms with van der Waals surface area (Å²) in [6.45, 7) is 1.94. The zero-order chi connectivity index (χ0) is 12.9. The van der Waals surface area contributed by atoms with E-state index >= 15 is 0 Å². The van der Waals surface area contributed by atoms with Gasteiger partial charge in [0.2, 0.25) is 0 Å². The van der Waals surface area contributed by atoms with Gasteiger partial charge in [0.1, 0.15) is 12.6 Å². The maximum absolute atomic E-state index is 11.3. The van der Waals surface area contributed by atoms with Crippen LogP contribution in [0.3, 0.4) is 0 Å². The third kappa shape index (κ3) is 7.19. The molecule has 0 rings (SSSR count). The standard InChI is InChI=1S/C10H20N2O4/c1-7(11)10(15)16-8(5-9(13)14)6-12(2,3)4/h7-8H,5-6,11H2,1-4H3/p+1/t7-,8?/m0/s1. The lowest BCUT2D eigenvalue weighted by molar-refractivity contribution is -0.873. The minimum Gasteiger partial charge on any atom is -0.481 e. The van der Waals surface area contributed by atoms with Gasteiger partial charge in [0.15, 0.2) is 6.10 Å². The van der Waals surface area contributed by atoms with Crippen LogP contribution in [0.15, 0.2) is 0 Å². The lowest BCUT2D eigenvalue weighted by Crippen LogP contribution is -2.45. The highest BCUT2D eigenvalue weighted by atomic mass is 16.5. The fourth-order valence-electron chi connectivity index (χ4n) is 1.22. The first-order chi connectivity index (χ1) is 7.11. The average molecular weight is 233 g/mol. The second kappa shape index (κ2) is 5.81. The molecule has 0 aliphatic heterocycles. The molecule has 0 aromatic heterocycles. The zero-order valence-electron chi connectivity index (χ0n) is 10.3. The first kappa shape index (κ1) is 14.9. The highest BCUT2D eigenvalue weighted by molar-refractivity contribution is 5.75. The Bertz CT molecular complexity index is 258. The van der Waals surface area contributed by atoms with Crippen LogP contribution in [0.4, 0.5) is 0 Å². The van der Waals surface area contributed by atoms with Crippen LogP contribution in [0.2, 0.25) is 0 Å². The molecule has 0 bridgehead atoms. The van der Waals surface area contributed by atoms with Crippen molar-refractivity contribution in [2.75, 3.05) is 27.7 Å². The van der Waals surface area contributed by atoms with Crippen LogP contribution in [0.1, 0.15) is 13.3 Å². The second-order valence-corrected chi connectivity index (χ2v) is 4.92. The van der Waals surface area contributed by atoms with E-state index in [0.717, 1.165) is 0 Å². The Morgan fingerprint density at radius 3 is 2.19 bits per heavy atom. The topological polar surface area (TPSA) is 89.6 Å². The Balaban J connectivity index is 4.43. The number of hydrogen-bond donors (Lipinski definition) is 2. The number of carbonyl (C=O) groups is 2. The number of carbonyl (C=O) groups excluding carboxylic acids is 1. The molecule has 0 aliphatic rings. The lowest BCUT2D eigenvalue weighted by atomic mass is 10.2. The van der Waals surface area contributed by atoms with E-state index in [-0.39, 0.29) is 6.42 Å². The molecule has 0 aliphatic carbocycles. The smallest absolute Gasteiger partial charge is 0.323 e. The molecular weight excluding hydrogens is 212 g/mol. The molecule has 0 radical (unpaired) electrons. The summed E-state index contributed by atoms with van der Waals surface area (Å²) in [4.78, 5) is 21.9. The van der Waals surface area contributed by atoms with Crippen molar-refractivity contribution in [3.8, 4) is 0 Å². The molecule has 6 nitrogen and oxygen atoms in total. The van der Waals surface area contributed by atoms with Crippen molar-refractivity contribution in [1.82, 2.24) is 0 Å². The van der Waals surface area contributed by atoms with Gasteiger partial charge >= 0.3 is 11.9 Å². The van der Waals surface area contributed by atoms with Crippen LogP contribution >= 0.6 is 0 Å². The molecule has 2 atom stereocenters. The van der Waals surface area contributed by atoms with Crippen molar-refractivity contribution >= 4 is 11.9 Å². The van der Waals surface area contributed by atoms with Crippen molar-refractivity contribution in [3.63, 3.8) is 0 Å². The fraction of sp³-hybridized carbons (Fsp3) is 0.800. The van der Waals surface area contributed by atoms with Crippen LogP contribution in [-0.2, 0) is 14.3 Å². The Morgan fingerprint density at radius 1 is 1.38 bits per heavy atom. The molecule has 16 heavy (non-hydrogen) atoms. The summed E-state index contributed by atoms with van der Waals surface area (Å²) >= 11 is 0. The van der Waals surface area contributed by atoms with E-state index in [4.69, 9.17) is 15.6 Å². The molecule has 0 aromatic rings. The summed E-state index contributed by atoms with van der Waals surface area (Å²) in [5.74, 6) is -1.56. The average Bonchev–Trinajstić information content (AvgIpc) is 1.98. The SMILES string of the molecule is C[C@H](N)C(=O)OC(CC(=O)O)C[N+](C)(C)C. The van der Waals surface area contributed by atoms with E-state index in [1.807, 2.05) is 21.1 Å². The van der Waals surface area contributed by atoms with Crippen molar-refractivity contribution < 1.29 is 23.9 Å². The van der Waals surface area contributed by atoms with Gasteiger partial charge in [0.05, 0.1) is 27.6 Å². The Hall–Kier alpha value is -1.14. The summed E-state index contributed by atoms with van der Waals surface area (Å²) in [5.41, 5.74) is 5.35. The molecule has 0 aromatic carbocycles. The van der Waals surface area contributed by atoms with E-state index in [1.165, 1.54) is 6.92 Å². The van der Waals surface area contributed by atoms with Crippen LogP contribution in [0, 0.1) is 0 Å². The number of nitrogens with two attached hydrogens (primary N) is 1. The lowest BCUT2D eigenvalue weighted by Gasteiger charge is -2.28. The number of rotatable bonds is 6. The van der Waals surface area contributed by atoms with E-state index in [1.54, 1.807) is 0 Å². The monoisotopic (exact) mass is 233 g/mol. The zero-order valence-corrected chi connectivity index (χ0v) is 10.3. The highest BCUT2D eigenvalue weighted by Crippen LogP contribution is 2.06. The molecule has 0 fully saturated rings.